The van der Waals surface area contributed by atoms with Crippen LogP contribution in [0.4, 0.5) is 0 Å². The van der Waals surface area contributed by atoms with Crippen LogP contribution in [0.15, 0.2) is 22.7 Å². The number of halogens is 2. The van der Waals surface area contributed by atoms with Crippen molar-refractivity contribution in [1.29, 1.82) is 0 Å². The third kappa shape index (κ3) is 2.96. The summed E-state index contributed by atoms with van der Waals surface area (Å²) in [5, 5.41) is 8.33. The van der Waals surface area contributed by atoms with Gasteiger partial charge in [0.2, 0.25) is 0 Å². The van der Waals surface area contributed by atoms with Gasteiger partial charge in [0, 0.05) is 26.2 Å². The Morgan fingerprint density at radius 1 is 1.20 bits per heavy atom. The normalized spacial score (nSPS) is 16.5. The highest BCUT2D eigenvalue weighted by atomic mass is 35.5. The molecule has 1 aromatic carbocycles. The first kappa shape index (κ1) is 13.8. The predicted octanol–water partition coefficient (Wildman–Crippen LogP) is 2.45. The van der Waals surface area contributed by atoms with Gasteiger partial charge in [-0.3, -0.25) is 4.90 Å². The van der Waals surface area contributed by atoms with Crippen LogP contribution in [0.25, 0.3) is 11.5 Å². The van der Waals surface area contributed by atoms with E-state index in [-0.39, 0.29) is 0 Å². The number of benzene rings is 1. The van der Waals surface area contributed by atoms with E-state index in [1.807, 2.05) is 0 Å². The zero-order valence-electron chi connectivity index (χ0n) is 10.8. The topological polar surface area (TPSA) is 54.2 Å². The molecule has 1 fully saturated rings. The lowest BCUT2D eigenvalue weighted by molar-refractivity contribution is 0.225. The van der Waals surface area contributed by atoms with E-state index < -0.39 is 0 Å². The second kappa shape index (κ2) is 6.10. The molecule has 0 aliphatic carbocycles. The smallest absolute Gasteiger partial charge is 0.261 e. The molecule has 0 radical (unpaired) electrons. The molecule has 1 saturated heterocycles. The average Bonchev–Trinajstić information content (AvgIpc) is 2.88. The third-order valence-corrected chi connectivity index (χ3v) is 3.85. The molecule has 20 heavy (non-hydrogen) atoms. The van der Waals surface area contributed by atoms with Gasteiger partial charge in [-0.05, 0) is 12.1 Å². The molecule has 1 aromatic heterocycles. The lowest BCUT2D eigenvalue weighted by Gasteiger charge is -2.25. The van der Waals surface area contributed by atoms with Crippen molar-refractivity contribution in [1.82, 2.24) is 20.4 Å². The molecule has 0 saturated carbocycles. The van der Waals surface area contributed by atoms with Gasteiger partial charge in [0.15, 0.2) is 5.82 Å². The summed E-state index contributed by atoms with van der Waals surface area (Å²) in [7, 11) is 0. The molecule has 0 spiro atoms. The van der Waals surface area contributed by atoms with Crippen molar-refractivity contribution in [3.8, 4) is 11.5 Å². The maximum Gasteiger partial charge on any atom is 0.261 e. The molecule has 2 heterocycles. The van der Waals surface area contributed by atoms with Crippen LogP contribution in [0, 0.1) is 0 Å². The maximum atomic E-state index is 6.13. The minimum Gasteiger partial charge on any atom is -0.334 e. The van der Waals surface area contributed by atoms with E-state index in [1.54, 1.807) is 18.2 Å². The van der Waals surface area contributed by atoms with E-state index in [4.69, 9.17) is 27.7 Å². The molecule has 0 atom stereocenters. The van der Waals surface area contributed by atoms with Gasteiger partial charge < -0.3 is 9.84 Å². The first-order chi connectivity index (χ1) is 9.74. The van der Waals surface area contributed by atoms with E-state index in [0.717, 1.165) is 26.2 Å². The van der Waals surface area contributed by atoms with Crippen LogP contribution < -0.4 is 5.32 Å². The van der Waals surface area contributed by atoms with Gasteiger partial charge in [-0.1, -0.05) is 34.4 Å². The maximum absolute atomic E-state index is 6.13. The predicted molar refractivity (Wildman–Crippen MR) is 77.9 cm³/mol. The fourth-order valence-electron chi connectivity index (χ4n) is 2.19. The summed E-state index contributed by atoms with van der Waals surface area (Å²) in [5.41, 5.74) is 0.592. The van der Waals surface area contributed by atoms with Gasteiger partial charge in [0.1, 0.15) is 0 Å². The van der Waals surface area contributed by atoms with Crippen LogP contribution in [0.2, 0.25) is 10.0 Å². The van der Waals surface area contributed by atoms with Crippen molar-refractivity contribution in [3.05, 3.63) is 34.1 Å². The zero-order chi connectivity index (χ0) is 13.9. The molecule has 0 bridgehead atoms. The van der Waals surface area contributed by atoms with Crippen molar-refractivity contribution in [2.45, 2.75) is 6.54 Å². The molecular weight excluding hydrogens is 299 g/mol. The average molecular weight is 313 g/mol. The minimum atomic E-state index is 0.366. The van der Waals surface area contributed by atoms with Gasteiger partial charge in [0.25, 0.3) is 5.89 Å². The standard InChI is InChI=1S/C13H14Cl2N4O/c14-9-2-1-3-10(15)12(9)13-17-11(18-20-13)8-19-6-4-16-5-7-19/h1-3,16H,4-8H2. The number of hydrogen-bond acceptors (Lipinski definition) is 5. The number of nitrogens with one attached hydrogen (secondary N) is 1. The Kier molecular flexibility index (Phi) is 4.21. The summed E-state index contributed by atoms with van der Waals surface area (Å²) in [6.45, 7) is 4.61. The van der Waals surface area contributed by atoms with Crippen LogP contribution in [-0.4, -0.2) is 41.2 Å². The number of aromatic nitrogens is 2. The summed E-state index contributed by atoms with van der Waals surface area (Å²) >= 11 is 12.3. The fourth-order valence-corrected chi connectivity index (χ4v) is 2.75. The first-order valence-electron chi connectivity index (χ1n) is 6.44. The molecule has 5 nitrogen and oxygen atoms in total. The van der Waals surface area contributed by atoms with Crippen molar-refractivity contribution in [2.75, 3.05) is 26.2 Å². The second-order valence-corrected chi connectivity index (χ2v) is 5.45. The zero-order valence-corrected chi connectivity index (χ0v) is 12.3. The molecule has 1 N–H and O–H groups in total. The Morgan fingerprint density at radius 2 is 1.90 bits per heavy atom. The molecule has 7 heteroatoms. The molecular formula is C13H14Cl2N4O. The molecule has 3 rings (SSSR count). The molecule has 2 aromatic rings. The van der Waals surface area contributed by atoms with Crippen molar-refractivity contribution in [3.63, 3.8) is 0 Å². The van der Waals surface area contributed by atoms with Crippen molar-refractivity contribution >= 4 is 23.2 Å². The molecule has 0 unspecified atom stereocenters. The van der Waals surface area contributed by atoms with E-state index in [2.05, 4.69) is 20.4 Å². The number of nitrogens with zero attached hydrogens (tertiary/aromatic N) is 3. The van der Waals surface area contributed by atoms with E-state index >= 15 is 0 Å². The van der Waals surface area contributed by atoms with E-state index in [1.165, 1.54) is 0 Å². The Labute approximate surface area is 126 Å². The monoisotopic (exact) mass is 312 g/mol. The Morgan fingerprint density at radius 3 is 2.60 bits per heavy atom. The van der Waals surface area contributed by atoms with Crippen LogP contribution in [-0.2, 0) is 6.54 Å². The van der Waals surface area contributed by atoms with Crippen LogP contribution in [0.3, 0.4) is 0 Å². The van der Waals surface area contributed by atoms with Crippen LogP contribution in [0.1, 0.15) is 5.82 Å². The minimum absolute atomic E-state index is 0.366. The summed E-state index contributed by atoms with van der Waals surface area (Å²) in [4.78, 5) is 6.66. The van der Waals surface area contributed by atoms with E-state index in [0.29, 0.717) is 33.9 Å². The SMILES string of the molecule is Clc1cccc(Cl)c1-c1nc(CN2CCNCC2)no1. The van der Waals surface area contributed by atoms with Crippen LogP contribution in [0.5, 0.6) is 0 Å². The Bertz CT molecular complexity index is 576. The third-order valence-electron chi connectivity index (χ3n) is 3.22. The van der Waals surface area contributed by atoms with Gasteiger partial charge in [0.05, 0.1) is 22.2 Å². The summed E-state index contributed by atoms with van der Waals surface area (Å²) in [6, 6.07) is 5.29. The Hall–Kier alpha value is -1.14. The lowest BCUT2D eigenvalue weighted by Crippen LogP contribution is -2.43. The molecule has 1 aliphatic heterocycles. The highest BCUT2D eigenvalue weighted by molar-refractivity contribution is 6.38. The highest BCUT2D eigenvalue weighted by Crippen LogP contribution is 2.33. The van der Waals surface area contributed by atoms with Crippen LogP contribution >= 0.6 is 23.2 Å². The summed E-state index contributed by atoms with van der Waals surface area (Å²) < 4.78 is 5.28. The molecule has 1 aliphatic rings. The van der Waals surface area contributed by atoms with Crippen molar-refractivity contribution < 1.29 is 4.52 Å². The van der Waals surface area contributed by atoms with Crippen molar-refractivity contribution in [2.24, 2.45) is 0 Å². The van der Waals surface area contributed by atoms with Gasteiger partial charge in [-0.2, -0.15) is 4.98 Å². The second-order valence-electron chi connectivity index (χ2n) is 4.64. The largest absolute Gasteiger partial charge is 0.334 e. The van der Waals surface area contributed by atoms with Gasteiger partial charge in [-0.15, -0.1) is 0 Å². The quantitative estimate of drug-likeness (QED) is 0.943. The summed E-state index contributed by atoms with van der Waals surface area (Å²) in [6.07, 6.45) is 0. The Balaban J connectivity index is 1.79. The molecule has 106 valence electrons. The van der Waals surface area contributed by atoms with E-state index in [9.17, 15) is 0 Å². The molecule has 0 amide bonds. The van der Waals surface area contributed by atoms with Gasteiger partial charge in [-0.25, -0.2) is 0 Å². The van der Waals surface area contributed by atoms with Gasteiger partial charge >= 0.3 is 0 Å². The number of piperazine rings is 1. The number of hydrogen-bond donors (Lipinski definition) is 1. The first-order valence-corrected chi connectivity index (χ1v) is 7.19. The number of rotatable bonds is 3. The fraction of sp³-hybridized carbons (Fsp3) is 0.385. The summed E-state index contributed by atoms with van der Waals surface area (Å²) in [5.74, 6) is 1.02. The highest BCUT2D eigenvalue weighted by Gasteiger charge is 2.18. The lowest BCUT2D eigenvalue weighted by atomic mass is 10.2.